The summed E-state index contributed by atoms with van der Waals surface area (Å²) in [6.07, 6.45) is 4.13. The Hall–Kier alpha value is -2.04. The summed E-state index contributed by atoms with van der Waals surface area (Å²) in [7, 11) is 2.02. The van der Waals surface area contributed by atoms with E-state index in [0.29, 0.717) is 0 Å². The molecule has 0 amide bonds. The van der Waals surface area contributed by atoms with Crippen molar-refractivity contribution in [2.45, 2.75) is 0 Å². The first-order valence-corrected chi connectivity index (χ1v) is 8.35. The van der Waals surface area contributed by atoms with E-state index >= 15 is 0 Å². The van der Waals surface area contributed by atoms with Crippen LogP contribution in [0.4, 0.5) is 0 Å². The molecule has 0 aliphatic rings. The van der Waals surface area contributed by atoms with Crippen molar-refractivity contribution in [2.75, 3.05) is 0 Å². The molecular weight excluding hydrogens is 374 g/mol. The first-order valence-electron chi connectivity index (χ1n) is 7.18. The Bertz CT molecular complexity index is 999. The lowest BCUT2D eigenvalue weighted by molar-refractivity contribution is 0.945. The van der Waals surface area contributed by atoms with Crippen molar-refractivity contribution in [3.63, 3.8) is 0 Å². The lowest BCUT2D eigenvalue weighted by Crippen LogP contribution is -1.92. The van der Waals surface area contributed by atoms with Crippen molar-refractivity contribution < 1.29 is 0 Å². The lowest BCUT2D eigenvalue weighted by Gasteiger charge is -2.03. The van der Waals surface area contributed by atoms with Gasteiger partial charge in [0.15, 0.2) is 0 Å². The highest BCUT2D eigenvalue weighted by Gasteiger charge is 2.12. The van der Waals surface area contributed by atoms with Crippen LogP contribution in [0.5, 0.6) is 0 Å². The fourth-order valence-corrected chi connectivity index (χ4v) is 3.18. The summed E-state index contributed by atoms with van der Waals surface area (Å²) in [5.41, 5.74) is 4.22. The Labute approximate surface area is 147 Å². The zero-order valence-electron chi connectivity index (χ0n) is 12.4. The Morgan fingerprint density at radius 2 is 1.78 bits per heavy atom. The summed E-state index contributed by atoms with van der Waals surface area (Å²) >= 11 is 9.56. The first-order chi connectivity index (χ1) is 11.1. The number of rotatable bonds is 2. The maximum absolute atomic E-state index is 6.10. The first kappa shape index (κ1) is 14.5. The van der Waals surface area contributed by atoms with Crippen LogP contribution in [0, 0.1) is 0 Å². The Kier molecular flexibility index (Phi) is 3.51. The second-order valence-electron chi connectivity index (χ2n) is 5.42. The molecule has 0 spiro atoms. The molecule has 0 saturated heterocycles. The third-order valence-corrected chi connectivity index (χ3v) is 4.66. The molecule has 114 valence electrons. The summed E-state index contributed by atoms with van der Waals surface area (Å²) in [6.45, 7) is 0. The van der Waals surface area contributed by atoms with Gasteiger partial charge in [0, 0.05) is 40.1 Å². The smallest absolute Gasteiger partial charge is 0.214 e. The number of imidazole rings is 2. The molecule has 0 N–H and O–H groups in total. The van der Waals surface area contributed by atoms with Gasteiger partial charge < -0.3 is 4.57 Å². The van der Waals surface area contributed by atoms with E-state index in [0.717, 1.165) is 37.8 Å². The number of halogens is 2. The standard InChI is InChI=1S/C18H13BrClN3/c1-22-17(13-3-2-4-15(20)9-13)11-23-10-16(21-18(22)23)12-5-7-14(19)8-6-12/h2-11H,1H3. The second kappa shape index (κ2) is 5.55. The molecule has 5 heteroatoms. The molecule has 0 bridgehead atoms. The molecule has 0 unspecified atom stereocenters. The number of aryl methyl sites for hydroxylation is 1. The third-order valence-electron chi connectivity index (χ3n) is 3.90. The van der Waals surface area contributed by atoms with E-state index in [9.17, 15) is 0 Å². The summed E-state index contributed by atoms with van der Waals surface area (Å²) in [4.78, 5) is 4.76. The van der Waals surface area contributed by atoms with E-state index < -0.39 is 0 Å². The topological polar surface area (TPSA) is 22.2 Å². The fraction of sp³-hybridized carbons (Fsp3) is 0.0556. The van der Waals surface area contributed by atoms with Crippen LogP contribution in [-0.2, 0) is 7.05 Å². The molecule has 2 aromatic carbocycles. The Morgan fingerprint density at radius 3 is 2.48 bits per heavy atom. The van der Waals surface area contributed by atoms with E-state index in [1.54, 1.807) is 0 Å². The van der Waals surface area contributed by atoms with Crippen molar-refractivity contribution in [3.05, 3.63) is 70.4 Å². The predicted octanol–water partition coefficient (Wildman–Crippen LogP) is 5.42. The van der Waals surface area contributed by atoms with E-state index in [4.69, 9.17) is 16.6 Å². The van der Waals surface area contributed by atoms with Gasteiger partial charge >= 0.3 is 0 Å². The molecule has 2 aromatic heterocycles. The molecule has 0 atom stereocenters. The molecule has 4 rings (SSSR count). The van der Waals surface area contributed by atoms with Gasteiger partial charge in [0.25, 0.3) is 0 Å². The Balaban J connectivity index is 1.81. The maximum Gasteiger partial charge on any atom is 0.214 e. The average molecular weight is 387 g/mol. The minimum absolute atomic E-state index is 0.733. The minimum atomic E-state index is 0.733. The Morgan fingerprint density at radius 1 is 1.00 bits per heavy atom. The minimum Gasteiger partial charge on any atom is -0.313 e. The molecule has 3 nitrogen and oxygen atoms in total. The second-order valence-corrected chi connectivity index (χ2v) is 6.78. The lowest BCUT2D eigenvalue weighted by atomic mass is 10.1. The summed E-state index contributed by atoms with van der Waals surface area (Å²) in [5, 5.41) is 0.733. The van der Waals surface area contributed by atoms with Crippen LogP contribution in [0.25, 0.3) is 28.3 Å². The SMILES string of the molecule is Cn1c(-c2cccc(Cl)c2)cn2cc(-c3ccc(Br)cc3)nc12. The van der Waals surface area contributed by atoms with E-state index in [1.807, 2.05) is 48.0 Å². The summed E-state index contributed by atoms with van der Waals surface area (Å²) in [6, 6.07) is 16.0. The van der Waals surface area contributed by atoms with Gasteiger partial charge in [-0.3, -0.25) is 4.40 Å². The van der Waals surface area contributed by atoms with Crippen molar-refractivity contribution in [1.82, 2.24) is 14.0 Å². The normalized spacial score (nSPS) is 11.3. The monoisotopic (exact) mass is 385 g/mol. The van der Waals surface area contributed by atoms with Gasteiger partial charge in [-0.25, -0.2) is 4.98 Å². The molecule has 2 heterocycles. The van der Waals surface area contributed by atoms with Gasteiger partial charge in [-0.1, -0.05) is 51.8 Å². The highest BCUT2D eigenvalue weighted by Crippen LogP contribution is 2.27. The van der Waals surface area contributed by atoms with Crippen LogP contribution >= 0.6 is 27.5 Å². The molecule has 0 radical (unpaired) electrons. The van der Waals surface area contributed by atoms with Gasteiger partial charge in [-0.05, 0) is 24.3 Å². The summed E-state index contributed by atoms with van der Waals surface area (Å²) in [5.74, 6) is 0.901. The molecule has 0 aliphatic heterocycles. The van der Waals surface area contributed by atoms with E-state index in [1.165, 1.54) is 0 Å². The molecule has 23 heavy (non-hydrogen) atoms. The quantitative estimate of drug-likeness (QED) is 0.451. The van der Waals surface area contributed by atoms with Crippen LogP contribution in [0.2, 0.25) is 5.02 Å². The van der Waals surface area contributed by atoms with E-state index in [-0.39, 0.29) is 0 Å². The van der Waals surface area contributed by atoms with Crippen molar-refractivity contribution in [2.24, 2.45) is 7.05 Å². The molecular formula is C18H13BrClN3. The summed E-state index contributed by atoms with van der Waals surface area (Å²) < 4.78 is 5.19. The number of aromatic nitrogens is 3. The molecule has 0 saturated carbocycles. The van der Waals surface area contributed by atoms with E-state index in [2.05, 4.69) is 44.9 Å². The molecule has 0 fully saturated rings. The van der Waals surface area contributed by atoms with Crippen molar-refractivity contribution in [3.8, 4) is 22.5 Å². The highest BCUT2D eigenvalue weighted by atomic mass is 79.9. The van der Waals surface area contributed by atoms with Crippen LogP contribution in [0.15, 0.2) is 65.4 Å². The van der Waals surface area contributed by atoms with Gasteiger partial charge in [0.2, 0.25) is 5.78 Å². The van der Waals surface area contributed by atoms with Crippen molar-refractivity contribution >= 4 is 33.3 Å². The van der Waals surface area contributed by atoms with Crippen molar-refractivity contribution in [1.29, 1.82) is 0 Å². The van der Waals surface area contributed by atoms with Crippen LogP contribution in [0.3, 0.4) is 0 Å². The van der Waals surface area contributed by atoms with Crippen LogP contribution in [0.1, 0.15) is 0 Å². The predicted molar refractivity (Wildman–Crippen MR) is 97.7 cm³/mol. The largest absolute Gasteiger partial charge is 0.313 e. The van der Waals surface area contributed by atoms with Gasteiger partial charge in [0.05, 0.1) is 11.4 Å². The van der Waals surface area contributed by atoms with Gasteiger partial charge in [-0.15, -0.1) is 0 Å². The van der Waals surface area contributed by atoms with Crippen LogP contribution in [-0.4, -0.2) is 14.0 Å². The number of hydrogen-bond donors (Lipinski definition) is 0. The molecule has 0 aliphatic carbocycles. The highest BCUT2D eigenvalue weighted by molar-refractivity contribution is 9.10. The maximum atomic E-state index is 6.10. The zero-order chi connectivity index (χ0) is 16.0. The molecule has 4 aromatic rings. The zero-order valence-corrected chi connectivity index (χ0v) is 14.7. The number of nitrogens with zero attached hydrogens (tertiary/aromatic N) is 3. The average Bonchev–Trinajstić information content (AvgIpc) is 3.08. The number of hydrogen-bond acceptors (Lipinski definition) is 1. The van der Waals surface area contributed by atoms with Gasteiger partial charge in [-0.2, -0.15) is 0 Å². The number of benzene rings is 2. The number of fused-ring (bicyclic) bond motifs is 1. The third kappa shape index (κ3) is 2.58. The fourth-order valence-electron chi connectivity index (χ4n) is 2.73. The van der Waals surface area contributed by atoms with Gasteiger partial charge in [0.1, 0.15) is 0 Å². The van der Waals surface area contributed by atoms with Crippen LogP contribution < -0.4 is 0 Å².